The molecule has 1 N–H and O–H groups in total. The van der Waals surface area contributed by atoms with E-state index in [1.165, 1.54) is 23.9 Å². The molecule has 3 nitrogen and oxygen atoms in total. The molecule has 18 heavy (non-hydrogen) atoms. The third-order valence-electron chi connectivity index (χ3n) is 2.54. The average Bonchev–Trinajstić information content (AvgIpc) is 2.73. The highest BCUT2D eigenvalue weighted by atomic mass is 32.2. The van der Waals surface area contributed by atoms with Crippen molar-refractivity contribution < 1.29 is 18.7 Å². The van der Waals surface area contributed by atoms with Crippen LogP contribution in [-0.4, -0.2) is 27.9 Å². The number of carbonyl (C=O) groups is 1. The number of carboxylic acids is 1. The molecule has 0 bridgehead atoms. The number of halogens is 2. The summed E-state index contributed by atoms with van der Waals surface area (Å²) in [5.74, 6) is -1.71. The lowest BCUT2D eigenvalue weighted by molar-refractivity contribution is -0.137. The van der Waals surface area contributed by atoms with E-state index in [0.29, 0.717) is 24.2 Å². The molecule has 0 amide bonds. The first kappa shape index (κ1) is 13.0. The Labute approximate surface area is 107 Å². The number of aliphatic imine (C=N–C) groups is 1. The third-order valence-corrected chi connectivity index (χ3v) is 3.67. The van der Waals surface area contributed by atoms with Gasteiger partial charge in [-0.2, -0.15) is 0 Å². The van der Waals surface area contributed by atoms with Crippen LogP contribution in [0.3, 0.4) is 0 Å². The SMILES string of the molecule is O=C(O)C1CSC(CCc2cc(F)cc(F)c2)=N1. The molecule has 1 aromatic carbocycles. The van der Waals surface area contributed by atoms with Gasteiger partial charge in [-0.15, -0.1) is 11.8 Å². The molecule has 1 heterocycles. The smallest absolute Gasteiger partial charge is 0.329 e. The van der Waals surface area contributed by atoms with Gasteiger partial charge in [-0.25, -0.2) is 13.6 Å². The fourth-order valence-electron chi connectivity index (χ4n) is 1.69. The molecule has 2 rings (SSSR count). The van der Waals surface area contributed by atoms with Gasteiger partial charge in [-0.1, -0.05) is 0 Å². The second-order valence-corrected chi connectivity index (χ2v) is 5.06. The number of nitrogens with zero attached hydrogens (tertiary/aromatic N) is 1. The number of carboxylic acid groups (broad SMARTS) is 1. The first-order chi connectivity index (χ1) is 8.54. The molecule has 0 aromatic heterocycles. The van der Waals surface area contributed by atoms with Crippen LogP contribution in [0.2, 0.25) is 0 Å². The third kappa shape index (κ3) is 3.29. The Morgan fingerprint density at radius 1 is 1.33 bits per heavy atom. The quantitative estimate of drug-likeness (QED) is 0.915. The molecule has 1 atom stereocenters. The molecular formula is C12H11F2NO2S. The van der Waals surface area contributed by atoms with Crippen LogP contribution in [0.15, 0.2) is 23.2 Å². The normalized spacial score (nSPS) is 18.8. The summed E-state index contributed by atoms with van der Waals surface area (Å²) >= 11 is 1.39. The minimum absolute atomic E-state index is 0.433. The van der Waals surface area contributed by atoms with Crippen molar-refractivity contribution in [2.24, 2.45) is 4.99 Å². The largest absolute Gasteiger partial charge is 0.480 e. The van der Waals surface area contributed by atoms with Gasteiger partial charge >= 0.3 is 5.97 Å². The number of aryl methyl sites for hydroxylation is 1. The lowest BCUT2D eigenvalue weighted by Gasteiger charge is -2.01. The lowest BCUT2D eigenvalue weighted by Crippen LogP contribution is -2.17. The van der Waals surface area contributed by atoms with Gasteiger partial charge in [0.1, 0.15) is 11.6 Å². The molecule has 0 saturated carbocycles. The van der Waals surface area contributed by atoms with Crippen molar-refractivity contribution in [3.8, 4) is 0 Å². The van der Waals surface area contributed by atoms with Gasteiger partial charge < -0.3 is 5.11 Å². The van der Waals surface area contributed by atoms with Crippen molar-refractivity contribution >= 4 is 22.8 Å². The number of aliphatic carboxylic acids is 1. The summed E-state index contributed by atoms with van der Waals surface area (Å²) in [6.07, 6.45) is 0.962. The van der Waals surface area contributed by atoms with Gasteiger partial charge in [0.15, 0.2) is 6.04 Å². The molecule has 0 fully saturated rings. The zero-order valence-corrected chi connectivity index (χ0v) is 10.2. The highest BCUT2D eigenvalue weighted by Crippen LogP contribution is 2.22. The van der Waals surface area contributed by atoms with Gasteiger partial charge in [-0.3, -0.25) is 4.99 Å². The molecule has 1 unspecified atom stereocenters. The second-order valence-electron chi connectivity index (χ2n) is 3.97. The Kier molecular flexibility index (Phi) is 3.96. The Morgan fingerprint density at radius 3 is 2.56 bits per heavy atom. The number of benzene rings is 1. The van der Waals surface area contributed by atoms with Crippen molar-refractivity contribution in [3.63, 3.8) is 0 Å². The summed E-state index contributed by atoms with van der Waals surface area (Å²) in [6.45, 7) is 0. The van der Waals surface area contributed by atoms with E-state index in [1.54, 1.807) is 0 Å². The topological polar surface area (TPSA) is 49.7 Å². The minimum atomic E-state index is -0.936. The molecular weight excluding hydrogens is 260 g/mol. The van der Waals surface area contributed by atoms with Crippen LogP contribution in [0.5, 0.6) is 0 Å². The molecule has 1 aromatic rings. The van der Waals surface area contributed by atoms with Crippen LogP contribution < -0.4 is 0 Å². The standard InChI is InChI=1S/C12H11F2NO2S/c13-8-3-7(4-9(14)5-8)1-2-11-15-10(6-18-11)12(16)17/h3-5,10H,1-2,6H2,(H,16,17). The van der Waals surface area contributed by atoms with Crippen molar-refractivity contribution in [2.75, 3.05) is 5.75 Å². The van der Waals surface area contributed by atoms with Crippen molar-refractivity contribution in [3.05, 3.63) is 35.4 Å². The van der Waals surface area contributed by atoms with Gasteiger partial charge in [0.25, 0.3) is 0 Å². The summed E-state index contributed by atoms with van der Waals surface area (Å²) in [6, 6.07) is 2.69. The zero-order chi connectivity index (χ0) is 13.1. The van der Waals surface area contributed by atoms with E-state index in [2.05, 4.69) is 4.99 Å². The van der Waals surface area contributed by atoms with Crippen LogP contribution in [0, 0.1) is 11.6 Å². The van der Waals surface area contributed by atoms with Gasteiger partial charge in [0.2, 0.25) is 0 Å². The molecule has 96 valence electrons. The summed E-state index contributed by atoms with van der Waals surface area (Å²) in [4.78, 5) is 14.7. The molecule has 0 saturated heterocycles. The first-order valence-electron chi connectivity index (χ1n) is 5.42. The molecule has 0 radical (unpaired) electrons. The van der Waals surface area contributed by atoms with Gasteiger partial charge in [-0.05, 0) is 30.5 Å². The average molecular weight is 271 g/mol. The molecule has 1 aliphatic rings. The van der Waals surface area contributed by atoms with Crippen molar-refractivity contribution in [1.82, 2.24) is 0 Å². The van der Waals surface area contributed by atoms with Crippen LogP contribution >= 0.6 is 11.8 Å². The number of hydrogen-bond acceptors (Lipinski definition) is 3. The van der Waals surface area contributed by atoms with Crippen molar-refractivity contribution in [2.45, 2.75) is 18.9 Å². The van der Waals surface area contributed by atoms with E-state index in [0.717, 1.165) is 11.1 Å². The molecule has 1 aliphatic heterocycles. The van der Waals surface area contributed by atoms with Crippen LogP contribution in [0.25, 0.3) is 0 Å². The fraction of sp³-hybridized carbons (Fsp3) is 0.333. The van der Waals surface area contributed by atoms with E-state index >= 15 is 0 Å². The van der Waals surface area contributed by atoms with E-state index in [1.807, 2.05) is 0 Å². The van der Waals surface area contributed by atoms with Crippen LogP contribution in [0.1, 0.15) is 12.0 Å². The van der Waals surface area contributed by atoms with Crippen LogP contribution in [-0.2, 0) is 11.2 Å². The molecule has 6 heteroatoms. The summed E-state index contributed by atoms with van der Waals surface area (Å²) < 4.78 is 25.9. The van der Waals surface area contributed by atoms with Crippen molar-refractivity contribution in [1.29, 1.82) is 0 Å². The highest BCUT2D eigenvalue weighted by molar-refractivity contribution is 8.14. The first-order valence-corrected chi connectivity index (χ1v) is 6.40. The van der Waals surface area contributed by atoms with Crippen LogP contribution in [0.4, 0.5) is 8.78 Å². The number of rotatable bonds is 4. The molecule has 0 spiro atoms. The maximum Gasteiger partial charge on any atom is 0.329 e. The number of thioether (sulfide) groups is 1. The van der Waals surface area contributed by atoms with Gasteiger partial charge in [0, 0.05) is 11.8 Å². The fourth-order valence-corrected chi connectivity index (χ4v) is 2.71. The summed E-state index contributed by atoms with van der Waals surface area (Å²) in [7, 11) is 0. The monoisotopic (exact) mass is 271 g/mol. The Morgan fingerprint density at radius 2 is 2.00 bits per heavy atom. The number of hydrogen-bond donors (Lipinski definition) is 1. The second kappa shape index (κ2) is 5.48. The summed E-state index contributed by atoms with van der Waals surface area (Å²) in [5.41, 5.74) is 0.551. The maximum absolute atomic E-state index is 12.9. The Balaban J connectivity index is 1.96. The highest BCUT2D eigenvalue weighted by Gasteiger charge is 2.23. The van der Waals surface area contributed by atoms with E-state index < -0.39 is 23.6 Å². The maximum atomic E-state index is 12.9. The minimum Gasteiger partial charge on any atom is -0.480 e. The predicted octanol–water partition coefficient (Wildman–Crippen LogP) is 2.50. The summed E-state index contributed by atoms with van der Waals surface area (Å²) in [5, 5.41) is 9.50. The van der Waals surface area contributed by atoms with E-state index in [9.17, 15) is 13.6 Å². The van der Waals surface area contributed by atoms with E-state index in [4.69, 9.17) is 5.11 Å². The van der Waals surface area contributed by atoms with Gasteiger partial charge in [0.05, 0.1) is 5.04 Å². The predicted molar refractivity (Wildman–Crippen MR) is 66.0 cm³/mol. The Hall–Kier alpha value is -1.43. The molecule has 0 aliphatic carbocycles. The van der Waals surface area contributed by atoms with E-state index in [-0.39, 0.29) is 0 Å². The zero-order valence-electron chi connectivity index (χ0n) is 9.40. The lowest BCUT2D eigenvalue weighted by atomic mass is 10.1. The Bertz CT molecular complexity index is 485.